The third-order valence-electron chi connectivity index (χ3n) is 6.15. The van der Waals surface area contributed by atoms with Crippen LogP contribution in [-0.2, 0) is 13.0 Å². The minimum absolute atomic E-state index is 0.177. The van der Waals surface area contributed by atoms with Crippen LogP contribution in [0.1, 0.15) is 41.9 Å². The van der Waals surface area contributed by atoms with E-state index in [-0.39, 0.29) is 11.7 Å². The number of carbonyl (C=O) groups excluding carboxylic acids is 1. The van der Waals surface area contributed by atoms with Crippen LogP contribution in [0.25, 0.3) is 11.1 Å². The zero-order valence-corrected chi connectivity index (χ0v) is 19.9. The lowest BCUT2D eigenvalue weighted by molar-refractivity contribution is 0.0947. The van der Waals surface area contributed by atoms with Crippen LogP contribution >= 0.6 is 0 Å². The predicted octanol–water partition coefficient (Wildman–Crippen LogP) is 3.27. The zero-order valence-electron chi connectivity index (χ0n) is 19.9. The molecular weight excluding hydrogens is 428 g/mol. The molecule has 0 radical (unpaired) electrons. The Labute approximate surface area is 200 Å². The van der Waals surface area contributed by atoms with Crippen molar-refractivity contribution in [1.29, 1.82) is 0 Å². The molecule has 178 valence electrons. The van der Waals surface area contributed by atoms with Crippen LogP contribution in [0.5, 0.6) is 5.75 Å². The van der Waals surface area contributed by atoms with E-state index in [0.29, 0.717) is 12.2 Å². The largest absolute Gasteiger partial charge is 0.506 e. The van der Waals surface area contributed by atoms with Gasteiger partial charge in [0.25, 0.3) is 5.91 Å². The third kappa shape index (κ3) is 5.69. The fourth-order valence-electron chi connectivity index (χ4n) is 4.19. The van der Waals surface area contributed by atoms with E-state index in [4.69, 9.17) is 0 Å². The quantitative estimate of drug-likeness (QED) is 0.533. The first-order valence-electron chi connectivity index (χ1n) is 11.9. The molecule has 0 spiro atoms. The number of pyridine rings is 1. The maximum Gasteiger partial charge on any atom is 0.271 e. The molecule has 8 heteroatoms. The molecule has 3 heterocycles. The number of aromatic hydroxyl groups is 1. The average Bonchev–Trinajstić information content (AvgIpc) is 2.88. The van der Waals surface area contributed by atoms with Gasteiger partial charge in [-0.3, -0.25) is 14.7 Å². The number of nitrogens with one attached hydrogen (secondary N) is 1. The summed E-state index contributed by atoms with van der Waals surface area (Å²) in [5, 5.41) is 21.0. The molecule has 0 unspecified atom stereocenters. The first kappa shape index (κ1) is 23.6. The molecule has 0 atom stereocenters. The molecule has 1 saturated heterocycles. The van der Waals surface area contributed by atoms with Crippen molar-refractivity contribution < 1.29 is 9.90 Å². The second kappa shape index (κ2) is 11.1. The first-order valence-corrected chi connectivity index (χ1v) is 11.9. The number of hydrogen-bond donors (Lipinski definition) is 2. The lowest BCUT2D eigenvalue weighted by Crippen LogP contribution is -2.46. The number of aromatic nitrogens is 3. The van der Waals surface area contributed by atoms with E-state index in [1.54, 1.807) is 18.3 Å². The van der Waals surface area contributed by atoms with E-state index >= 15 is 0 Å². The molecule has 1 aromatic carbocycles. The normalized spacial score (nSPS) is 14.2. The lowest BCUT2D eigenvalue weighted by atomic mass is 9.98. The monoisotopic (exact) mass is 460 g/mol. The van der Waals surface area contributed by atoms with Gasteiger partial charge in [-0.05, 0) is 47.7 Å². The standard InChI is InChI=1S/C26H32N6O2/c1-3-9-28-26(34)24-7-8-25(30-29-24)32-12-10-31(11-13-32)18-21-6-5-20(14-19(21)4-2)22-15-23(33)17-27-16-22/h5-8,14-17,33H,3-4,9-13,18H2,1-2H3,(H,28,34). The fraction of sp³-hybridized carbons (Fsp3) is 0.385. The molecule has 3 aromatic rings. The van der Waals surface area contributed by atoms with Crippen LogP contribution in [0, 0.1) is 0 Å². The molecule has 2 N–H and O–H groups in total. The average molecular weight is 461 g/mol. The van der Waals surface area contributed by atoms with Crippen molar-refractivity contribution in [1.82, 2.24) is 25.4 Å². The van der Waals surface area contributed by atoms with E-state index < -0.39 is 0 Å². The van der Waals surface area contributed by atoms with E-state index in [2.05, 4.69) is 55.4 Å². The first-order chi connectivity index (χ1) is 16.6. The summed E-state index contributed by atoms with van der Waals surface area (Å²) in [4.78, 5) is 20.8. The number of nitrogens with zero attached hydrogens (tertiary/aromatic N) is 5. The lowest BCUT2D eigenvalue weighted by Gasteiger charge is -2.35. The molecule has 4 rings (SSSR count). The maximum absolute atomic E-state index is 12.0. The van der Waals surface area contributed by atoms with Gasteiger partial charge in [-0.25, -0.2) is 0 Å². The summed E-state index contributed by atoms with van der Waals surface area (Å²) in [5.74, 6) is 0.811. The van der Waals surface area contributed by atoms with Crippen molar-refractivity contribution >= 4 is 11.7 Å². The zero-order chi connectivity index (χ0) is 23.9. The number of carbonyl (C=O) groups is 1. The Hall–Kier alpha value is -3.52. The Kier molecular flexibility index (Phi) is 7.69. The van der Waals surface area contributed by atoms with E-state index in [0.717, 1.165) is 62.5 Å². The smallest absolute Gasteiger partial charge is 0.271 e. The van der Waals surface area contributed by atoms with Crippen molar-refractivity contribution in [2.75, 3.05) is 37.6 Å². The molecule has 2 aromatic heterocycles. The van der Waals surface area contributed by atoms with Gasteiger partial charge >= 0.3 is 0 Å². The molecule has 8 nitrogen and oxygen atoms in total. The van der Waals surface area contributed by atoms with Gasteiger partial charge in [0, 0.05) is 51.0 Å². The number of rotatable bonds is 8. The Morgan fingerprint density at radius 3 is 2.47 bits per heavy atom. The number of hydrogen-bond acceptors (Lipinski definition) is 7. The number of amides is 1. The maximum atomic E-state index is 12.0. The molecular formula is C26H32N6O2. The van der Waals surface area contributed by atoms with Crippen LogP contribution in [0.2, 0.25) is 0 Å². The SMILES string of the molecule is CCCNC(=O)c1ccc(N2CCN(Cc3ccc(-c4cncc(O)c4)cc3CC)CC2)nn1. The van der Waals surface area contributed by atoms with E-state index in [1.807, 2.05) is 13.0 Å². The predicted molar refractivity (Wildman–Crippen MR) is 133 cm³/mol. The van der Waals surface area contributed by atoms with Gasteiger partial charge in [-0.15, -0.1) is 10.2 Å². The van der Waals surface area contributed by atoms with Crippen LogP contribution in [-0.4, -0.2) is 63.8 Å². The van der Waals surface area contributed by atoms with Crippen molar-refractivity contribution in [3.05, 3.63) is 65.6 Å². The van der Waals surface area contributed by atoms with Gasteiger partial charge in [0.1, 0.15) is 5.75 Å². The Morgan fingerprint density at radius 2 is 1.79 bits per heavy atom. The van der Waals surface area contributed by atoms with E-state index in [1.165, 1.54) is 17.3 Å². The highest BCUT2D eigenvalue weighted by molar-refractivity contribution is 5.92. The van der Waals surface area contributed by atoms with Crippen molar-refractivity contribution in [2.45, 2.75) is 33.2 Å². The molecule has 0 aliphatic carbocycles. The number of anilines is 1. The minimum atomic E-state index is -0.177. The Morgan fingerprint density at radius 1 is 0.971 bits per heavy atom. The Balaban J connectivity index is 1.35. The van der Waals surface area contributed by atoms with Crippen molar-refractivity contribution in [2.24, 2.45) is 0 Å². The summed E-state index contributed by atoms with van der Waals surface area (Å²) in [6.07, 6.45) is 5.06. The summed E-state index contributed by atoms with van der Waals surface area (Å²) in [6.45, 7) is 9.32. The van der Waals surface area contributed by atoms with Gasteiger partial charge in [-0.1, -0.05) is 32.0 Å². The summed E-state index contributed by atoms with van der Waals surface area (Å²) in [7, 11) is 0. The third-order valence-corrected chi connectivity index (χ3v) is 6.15. The molecule has 0 bridgehead atoms. The van der Waals surface area contributed by atoms with Gasteiger partial charge in [-0.2, -0.15) is 0 Å². The minimum Gasteiger partial charge on any atom is -0.506 e. The van der Waals surface area contributed by atoms with Gasteiger partial charge in [0.2, 0.25) is 0 Å². The summed E-state index contributed by atoms with van der Waals surface area (Å²) in [5.41, 5.74) is 4.98. The number of piperazine rings is 1. The van der Waals surface area contributed by atoms with Crippen molar-refractivity contribution in [3.8, 4) is 16.9 Å². The second-order valence-electron chi connectivity index (χ2n) is 8.56. The molecule has 1 aliphatic heterocycles. The Bertz CT molecular complexity index is 1110. The van der Waals surface area contributed by atoms with Crippen molar-refractivity contribution in [3.63, 3.8) is 0 Å². The van der Waals surface area contributed by atoms with Crippen LogP contribution in [0.3, 0.4) is 0 Å². The highest BCUT2D eigenvalue weighted by atomic mass is 16.3. The summed E-state index contributed by atoms with van der Waals surface area (Å²) >= 11 is 0. The van der Waals surface area contributed by atoms with E-state index in [9.17, 15) is 9.90 Å². The highest BCUT2D eigenvalue weighted by Crippen LogP contribution is 2.26. The van der Waals surface area contributed by atoms with Crippen LogP contribution < -0.4 is 10.2 Å². The van der Waals surface area contributed by atoms with Gasteiger partial charge in [0.05, 0.1) is 6.20 Å². The summed E-state index contributed by atoms with van der Waals surface area (Å²) in [6, 6.07) is 11.9. The molecule has 1 aliphatic rings. The molecule has 34 heavy (non-hydrogen) atoms. The van der Waals surface area contributed by atoms with Gasteiger partial charge < -0.3 is 15.3 Å². The van der Waals surface area contributed by atoms with Crippen LogP contribution in [0.15, 0.2) is 48.8 Å². The fourth-order valence-corrected chi connectivity index (χ4v) is 4.19. The second-order valence-corrected chi connectivity index (χ2v) is 8.56. The van der Waals surface area contributed by atoms with Crippen LogP contribution in [0.4, 0.5) is 5.82 Å². The number of aryl methyl sites for hydroxylation is 1. The molecule has 1 amide bonds. The number of benzene rings is 1. The summed E-state index contributed by atoms with van der Waals surface area (Å²) < 4.78 is 0. The van der Waals surface area contributed by atoms with Gasteiger partial charge in [0.15, 0.2) is 11.5 Å². The highest BCUT2D eigenvalue weighted by Gasteiger charge is 2.20. The molecule has 0 saturated carbocycles. The molecule has 1 fully saturated rings. The topological polar surface area (TPSA) is 94.5 Å².